The summed E-state index contributed by atoms with van der Waals surface area (Å²) in [5.74, 6) is -0.633. The number of nitrogens with one attached hydrogen (secondary N) is 1. The number of hydrogen-bond donors (Lipinski definition) is 1. The molecule has 0 aliphatic carbocycles. The van der Waals surface area contributed by atoms with Gasteiger partial charge >= 0.3 is 5.56 Å². The lowest BCUT2D eigenvalue weighted by atomic mass is 10.1. The summed E-state index contributed by atoms with van der Waals surface area (Å²) in [6.45, 7) is 1.96. The van der Waals surface area contributed by atoms with Crippen LogP contribution in [-0.2, 0) is 6.42 Å². The summed E-state index contributed by atoms with van der Waals surface area (Å²) in [7, 11) is 0. The van der Waals surface area contributed by atoms with Crippen LogP contribution in [0.4, 0.5) is 11.4 Å². The molecule has 0 saturated carbocycles. The van der Waals surface area contributed by atoms with Gasteiger partial charge in [-0.2, -0.15) is 14.5 Å². The van der Waals surface area contributed by atoms with Crippen molar-refractivity contribution in [2.45, 2.75) is 19.8 Å². The number of carbonyl (C=O) groups excluding carboxylic acids is 1. The Balaban J connectivity index is 1.64. The lowest BCUT2D eigenvalue weighted by Gasteiger charge is -2.01. The van der Waals surface area contributed by atoms with Crippen LogP contribution >= 0.6 is 0 Å². The van der Waals surface area contributed by atoms with Gasteiger partial charge in [0.15, 0.2) is 18.1 Å². The molecule has 2 heterocycles. The standard InChI is InChI=1S/C24H21N5O3/c1-2-7-21-22(24(31)29(27-21)23(30)19-10-6-15-28(32)16-19)26-25-20-13-11-18(12-14-20)17-8-4-3-5-9-17/h3-6,8-16,27H,2,7H2,1H3. The van der Waals surface area contributed by atoms with Gasteiger partial charge in [0, 0.05) is 6.07 Å². The van der Waals surface area contributed by atoms with Crippen molar-refractivity contribution in [3.8, 4) is 11.1 Å². The first-order chi connectivity index (χ1) is 15.6. The molecular weight excluding hydrogens is 406 g/mol. The topological polar surface area (TPSA) is 107 Å². The number of aromatic nitrogens is 3. The molecule has 0 spiro atoms. The molecular formula is C24H21N5O3. The largest absolute Gasteiger partial charge is 0.619 e. The number of H-pyrrole nitrogens is 1. The second-order valence-corrected chi connectivity index (χ2v) is 7.20. The van der Waals surface area contributed by atoms with Crippen molar-refractivity contribution in [2.75, 3.05) is 0 Å². The number of nitrogens with zero attached hydrogens (tertiary/aromatic N) is 4. The first kappa shape index (κ1) is 20.9. The molecule has 0 atom stereocenters. The summed E-state index contributed by atoms with van der Waals surface area (Å²) >= 11 is 0. The van der Waals surface area contributed by atoms with Gasteiger partial charge in [-0.1, -0.05) is 55.8 Å². The second-order valence-electron chi connectivity index (χ2n) is 7.20. The average molecular weight is 427 g/mol. The summed E-state index contributed by atoms with van der Waals surface area (Å²) in [4.78, 5) is 25.6. The van der Waals surface area contributed by atoms with Crippen LogP contribution in [0, 0.1) is 5.21 Å². The van der Waals surface area contributed by atoms with E-state index in [2.05, 4.69) is 15.3 Å². The molecule has 2 aromatic carbocycles. The number of aromatic amines is 1. The van der Waals surface area contributed by atoms with Gasteiger partial charge < -0.3 is 5.21 Å². The third-order valence-electron chi connectivity index (χ3n) is 4.90. The van der Waals surface area contributed by atoms with E-state index < -0.39 is 11.5 Å². The van der Waals surface area contributed by atoms with E-state index in [1.165, 1.54) is 18.3 Å². The van der Waals surface area contributed by atoms with Crippen molar-refractivity contribution in [2.24, 2.45) is 10.2 Å². The van der Waals surface area contributed by atoms with E-state index in [9.17, 15) is 14.8 Å². The number of hydrogen-bond acceptors (Lipinski definition) is 5. The zero-order valence-corrected chi connectivity index (χ0v) is 17.4. The van der Waals surface area contributed by atoms with E-state index in [1.54, 1.807) is 0 Å². The van der Waals surface area contributed by atoms with Crippen LogP contribution < -0.4 is 10.3 Å². The molecule has 0 fully saturated rings. The van der Waals surface area contributed by atoms with Gasteiger partial charge in [-0.05, 0) is 35.7 Å². The van der Waals surface area contributed by atoms with Crippen LogP contribution in [0.15, 0.2) is 94.1 Å². The number of benzene rings is 2. The van der Waals surface area contributed by atoms with Crippen molar-refractivity contribution >= 4 is 17.3 Å². The molecule has 0 bridgehead atoms. The Morgan fingerprint density at radius 3 is 2.41 bits per heavy atom. The van der Waals surface area contributed by atoms with Gasteiger partial charge in [-0.3, -0.25) is 14.7 Å². The predicted molar refractivity (Wildman–Crippen MR) is 120 cm³/mol. The normalized spacial score (nSPS) is 11.2. The highest BCUT2D eigenvalue weighted by Crippen LogP contribution is 2.24. The molecule has 8 heteroatoms. The van der Waals surface area contributed by atoms with E-state index in [-0.39, 0.29) is 11.3 Å². The van der Waals surface area contributed by atoms with Gasteiger partial charge in [0.1, 0.15) is 5.56 Å². The maximum Gasteiger partial charge on any atom is 0.302 e. The van der Waals surface area contributed by atoms with E-state index in [4.69, 9.17) is 0 Å². The number of aryl methyl sites for hydroxylation is 1. The Bertz CT molecular complexity index is 1320. The van der Waals surface area contributed by atoms with Crippen molar-refractivity contribution in [3.63, 3.8) is 0 Å². The van der Waals surface area contributed by atoms with Gasteiger partial charge in [0.25, 0.3) is 5.91 Å². The van der Waals surface area contributed by atoms with Crippen LogP contribution in [0.5, 0.6) is 0 Å². The lowest BCUT2D eigenvalue weighted by Crippen LogP contribution is -2.30. The molecule has 0 aliphatic rings. The fourth-order valence-corrected chi connectivity index (χ4v) is 3.31. The minimum Gasteiger partial charge on any atom is -0.619 e. The van der Waals surface area contributed by atoms with Gasteiger partial charge in [0.2, 0.25) is 0 Å². The van der Waals surface area contributed by atoms with Gasteiger partial charge in [-0.25, -0.2) is 0 Å². The highest BCUT2D eigenvalue weighted by Gasteiger charge is 2.20. The van der Waals surface area contributed by atoms with Crippen LogP contribution in [0.1, 0.15) is 29.4 Å². The first-order valence-corrected chi connectivity index (χ1v) is 10.2. The Morgan fingerprint density at radius 2 is 1.72 bits per heavy atom. The SMILES string of the molecule is CCCc1[nH]n(C(=O)c2ccc[n+]([O-])c2)c(=O)c1N=Nc1ccc(-c2ccccc2)cc1. The van der Waals surface area contributed by atoms with Crippen molar-refractivity contribution < 1.29 is 9.52 Å². The summed E-state index contributed by atoms with van der Waals surface area (Å²) in [5, 5.41) is 22.7. The van der Waals surface area contributed by atoms with Crippen LogP contribution in [0.3, 0.4) is 0 Å². The highest BCUT2D eigenvalue weighted by molar-refractivity contribution is 5.95. The quantitative estimate of drug-likeness (QED) is 0.277. The van der Waals surface area contributed by atoms with Crippen molar-refractivity contribution in [3.05, 3.63) is 106 Å². The number of rotatable bonds is 6. The molecule has 0 saturated heterocycles. The smallest absolute Gasteiger partial charge is 0.302 e. The molecule has 4 rings (SSSR count). The minimum absolute atomic E-state index is 0.0817. The fourth-order valence-electron chi connectivity index (χ4n) is 3.31. The molecule has 0 radical (unpaired) electrons. The zero-order chi connectivity index (χ0) is 22.5. The first-order valence-electron chi connectivity index (χ1n) is 10.2. The highest BCUT2D eigenvalue weighted by atomic mass is 16.5. The van der Waals surface area contributed by atoms with Crippen molar-refractivity contribution in [1.82, 2.24) is 9.78 Å². The maximum atomic E-state index is 12.9. The Hall–Kier alpha value is -4.33. The third kappa shape index (κ3) is 4.39. The molecule has 0 aliphatic heterocycles. The van der Waals surface area contributed by atoms with E-state index >= 15 is 0 Å². The Labute approximate surface area is 184 Å². The summed E-state index contributed by atoms with van der Waals surface area (Å²) in [6.07, 6.45) is 3.64. The number of carbonyl (C=O) groups is 1. The van der Waals surface area contributed by atoms with Crippen LogP contribution in [0.2, 0.25) is 0 Å². The molecule has 160 valence electrons. The molecule has 4 aromatic rings. The van der Waals surface area contributed by atoms with Gasteiger partial charge in [-0.15, -0.1) is 5.11 Å². The summed E-state index contributed by atoms with van der Waals surface area (Å²) in [6, 6.07) is 20.4. The van der Waals surface area contributed by atoms with E-state index in [1.807, 2.05) is 61.5 Å². The fraction of sp³-hybridized carbons (Fsp3) is 0.125. The minimum atomic E-state index is -0.633. The molecule has 0 amide bonds. The second kappa shape index (κ2) is 9.22. The molecule has 1 N–H and O–H groups in total. The van der Waals surface area contributed by atoms with Crippen LogP contribution in [0.25, 0.3) is 11.1 Å². The lowest BCUT2D eigenvalue weighted by molar-refractivity contribution is -0.605. The van der Waals surface area contributed by atoms with Crippen LogP contribution in [-0.4, -0.2) is 15.7 Å². The molecule has 2 aromatic heterocycles. The number of azo groups is 1. The summed E-state index contributed by atoms with van der Waals surface area (Å²) < 4.78 is 1.38. The Kier molecular flexibility index (Phi) is 6.03. The third-order valence-corrected chi connectivity index (χ3v) is 4.90. The molecule has 0 unspecified atom stereocenters. The molecule has 8 nitrogen and oxygen atoms in total. The van der Waals surface area contributed by atoms with Crippen molar-refractivity contribution in [1.29, 1.82) is 0 Å². The summed E-state index contributed by atoms with van der Waals surface area (Å²) in [5.41, 5.74) is 2.80. The Morgan fingerprint density at radius 1 is 1.00 bits per heavy atom. The molecule has 32 heavy (non-hydrogen) atoms. The average Bonchev–Trinajstić information content (AvgIpc) is 3.13. The monoisotopic (exact) mass is 427 g/mol. The number of pyridine rings is 1. The predicted octanol–water partition coefficient (Wildman–Crippen LogP) is 4.53. The maximum absolute atomic E-state index is 12.9. The van der Waals surface area contributed by atoms with E-state index in [0.717, 1.165) is 28.4 Å². The van der Waals surface area contributed by atoms with E-state index in [0.29, 0.717) is 22.5 Å². The zero-order valence-electron chi connectivity index (χ0n) is 17.4. The van der Waals surface area contributed by atoms with Gasteiger partial charge in [0.05, 0.1) is 11.4 Å².